The number of benzene rings is 1. The Morgan fingerprint density at radius 3 is 2.71 bits per heavy atom. The lowest BCUT2D eigenvalue weighted by atomic mass is 9.80. The minimum atomic E-state index is 0.600. The summed E-state index contributed by atoms with van der Waals surface area (Å²) in [5.74, 6) is 1.63. The lowest BCUT2D eigenvalue weighted by Crippen LogP contribution is -2.33. The van der Waals surface area contributed by atoms with Crippen LogP contribution >= 0.6 is 11.6 Å². The SMILES string of the molecule is Cc1ccc(Cl)cc1NC1CCC(C)CC1C. The molecule has 1 aliphatic rings. The van der Waals surface area contributed by atoms with Gasteiger partial charge in [0.25, 0.3) is 0 Å². The van der Waals surface area contributed by atoms with Crippen LogP contribution in [0, 0.1) is 18.8 Å². The summed E-state index contributed by atoms with van der Waals surface area (Å²) in [4.78, 5) is 0. The number of halogens is 1. The van der Waals surface area contributed by atoms with E-state index in [1.807, 2.05) is 12.1 Å². The Hall–Kier alpha value is -0.690. The van der Waals surface area contributed by atoms with E-state index in [0.717, 1.165) is 16.9 Å². The van der Waals surface area contributed by atoms with E-state index in [-0.39, 0.29) is 0 Å². The van der Waals surface area contributed by atoms with Crippen LogP contribution in [0.1, 0.15) is 38.7 Å². The molecule has 0 amide bonds. The molecule has 1 fully saturated rings. The van der Waals surface area contributed by atoms with Crippen LogP contribution in [0.2, 0.25) is 5.02 Å². The average molecular weight is 252 g/mol. The Balaban J connectivity index is 2.07. The first kappa shape index (κ1) is 12.8. The van der Waals surface area contributed by atoms with Crippen molar-refractivity contribution in [1.82, 2.24) is 0 Å². The van der Waals surface area contributed by atoms with Gasteiger partial charge in [-0.1, -0.05) is 31.5 Å². The summed E-state index contributed by atoms with van der Waals surface area (Å²) < 4.78 is 0. The zero-order chi connectivity index (χ0) is 12.4. The molecule has 94 valence electrons. The van der Waals surface area contributed by atoms with E-state index in [1.54, 1.807) is 0 Å². The van der Waals surface area contributed by atoms with Crippen LogP contribution in [0.5, 0.6) is 0 Å². The first-order valence-electron chi connectivity index (χ1n) is 6.59. The molecule has 0 aliphatic heterocycles. The van der Waals surface area contributed by atoms with Crippen LogP contribution in [0.15, 0.2) is 18.2 Å². The first-order chi connectivity index (χ1) is 8.06. The fraction of sp³-hybridized carbons (Fsp3) is 0.600. The smallest absolute Gasteiger partial charge is 0.0426 e. The molecule has 1 aliphatic carbocycles. The molecule has 0 radical (unpaired) electrons. The van der Waals surface area contributed by atoms with Crippen molar-refractivity contribution in [2.75, 3.05) is 5.32 Å². The van der Waals surface area contributed by atoms with Gasteiger partial charge in [-0.25, -0.2) is 0 Å². The van der Waals surface area contributed by atoms with Crippen LogP contribution in [0.4, 0.5) is 5.69 Å². The Morgan fingerprint density at radius 1 is 1.24 bits per heavy atom. The second-order valence-electron chi connectivity index (χ2n) is 5.61. The molecule has 1 aromatic rings. The van der Waals surface area contributed by atoms with Crippen molar-refractivity contribution in [3.63, 3.8) is 0 Å². The molecule has 2 heteroatoms. The van der Waals surface area contributed by atoms with Gasteiger partial charge in [0.15, 0.2) is 0 Å². The molecular formula is C15H22ClN. The van der Waals surface area contributed by atoms with Crippen molar-refractivity contribution in [2.45, 2.75) is 46.1 Å². The lowest BCUT2D eigenvalue weighted by molar-refractivity contribution is 0.276. The fourth-order valence-corrected chi connectivity index (χ4v) is 3.00. The summed E-state index contributed by atoms with van der Waals surface area (Å²) in [6.07, 6.45) is 3.94. The number of anilines is 1. The molecule has 2 rings (SSSR count). The molecule has 1 saturated carbocycles. The van der Waals surface area contributed by atoms with Crippen LogP contribution in [0.3, 0.4) is 0 Å². The van der Waals surface area contributed by atoms with Crippen molar-refractivity contribution in [3.8, 4) is 0 Å². The standard InChI is InChI=1S/C15H22ClN/c1-10-4-7-14(12(3)8-10)17-15-9-13(16)6-5-11(15)2/h5-6,9-10,12,14,17H,4,7-8H2,1-3H3. The van der Waals surface area contributed by atoms with E-state index in [9.17, 15) is 0 Å². The van der Waals surface area contributed by atoms with Gasteiger partial charge in [0.05, 0.1) is 0 Å². The van der Waals surface area contributed by atoms with Crippen molar-refractivity contribution in [1.29, 1.82) is 0 Å². The third-order valence-corrected chi connectivity index (χ3v) is 4.21. The van der Waals surface area contributed by atoms with Crippen molar-refractivity contribution >= 4 is 17.3 Å². The van der Waals surface area contributed by atoms with Crippen LogP contribution in [0.25, 0.3) is 0 Å². The molecule has 0 aromatic heterocycles. The van der Waals surface area contributed by atoms with Crippen molar-refractivity contribution < 1.29 is 0 Å². The molecule has 1 nitrogen and oxygen atoms in total. The van der Waals surface area contributed by atoms with E-state index < -0.39 is 0 Å². The predicted molar refractivity (Wildman–Crippen MR) is 75.8 cm³/mol. The predicted octanol–water partition coefficient (Wildman–Crippen LogP) is 4.89. The summed E-state index contributed by atoms with van der Waals surface area (Å²) in [5.41, 5.74) is 2.48. The molecule has 0 bridgehead atoms. The summed E-state index contributed by atoms with van der Waals surface area (Å²) in [7, 11) is 0. The maximum atomic E-state index is 6.05. The Bertz CT molecular complexity index is 389. The van der Waals surface area contributed by atoms with Crippen LogP contribution < -0.4 is 5.32 Å². The highest BCUT2D eigenvalue weighted by Crippen LogP contribution is 2.32. The summed E-state index contributed by atoms with van der Waals surface area (Å²) >= 11 is 6.05. The topological polar surface area (TPSA) is 12.0 Å². The molecule has 17 heavy (non-hydrogen) atoms. The lowest BCUT2D eigenvalue weighted by Gasteiger charge is -2.34. The van der Waals surface area contributed by atoms with Gasteiger partial charge < -0.3 is 5.32 Å². The van der Waals surface area contributed by atoms with E-state index >= 15 is 0 Å². The van der Waals surface area contributed by atoms with Gasteiger partial charge in [0, 0.05) is 16.8 Å². The normalized spacial score (nSPS) is 29.1. The number of hydrogen-bond donors (Lipinski definition) is 1. The van der Waals surface area contributed by atoms with Gasteiger partial charge >= 0.3 is 0 Å². The quantitative estimate of drug-likeness (QED) is 0.790. The van der Waals surface area contributed by atoms with E-state index in [4.69, 9.17) is 11.6 Å². The molecule has 0 heterocycles. The highest BCUT2D eigenvalue weighted by Gasteiger charge is 2.25. The van der Waals surface area contributed by atoms with Crippen LogP contribution in [-0.2, 0) is 0 Å². The minimum Gasteiger partial charge on any atom is -0.382 e. The third-order valence-electron chi connectivity index (χ3n) is 3.97. The van der Waals surface area contributed by atoms with E-state index in [0.29, 0.717) is 6.04 Å². The van der Waals surface area contributed by atoms with Gasteiger partial charge in [-0.05, 0) is 55.7 Å². The second kappa shape index (κ2) is 5.30. The first-order valence-corrected chi connectivity index (χ1v) is 6.96. The third kappa shape index (κ3) is 3.16. The van der Waals surface area contributed by atoms with Gasteiger partial charge in [0.1, 0.15) is 0 Å². The second-order valence-corrected chi connectivity index (χ2v) is 6.04. The Kier molecular flexibility index (Phi) is 3.98. The van der Waals surface area contributed by atoms with Gasteiger partial charge in [-0.3, -0.25) is 0 Å². The highest BCUT2D eigenvalue weighted by molar-refractivity contribution is 6.30. The summed E-state index contributed by atoms with van der Waals surface area (Å²) in [6.45, 7) is 6.85. The number of hydrogen-bond acceptors (Lipinski definition) is 1. The molecule has 3 unspecified atom stereocenters. The molecule has 1 aromatic carbocycles. The highest BCUT2D eigenvalue weighted by atomic mass is 35.5. The largest absolute Gasteiger partial charge is 0.382 e. The summed E-state index contributed by atoms with van der Waals surface area (Å²) in [6, 6.07) is 6.68. The minimum absolute atomic E-state index is 0.600. The molecule has 0 saturated heterocycles. The molecule has 1 N–H and O–H groups in total. The zero-order valence-corrected chi connectivity index (χ0v) is 11.7. The van der Waals surface area contributed by atoms with E-state index in [1.165, 1.54) is 30.5 Å². The Morgan fingerprint density at radius 2 is 2.00 bits per heavy atom. The molecule has 3 atom stereocenters. The van der Waals surface area contributed by atoms with Gasteiger partial charge in [0.2, 0.25) is 0 Å². The maximum absolute atomic E-state index is 6.05. The van der Waals surface area contributed by atoms with Crippen molar-refractivity contribution in [2.24, 2.45) is 11.8 Å². The van der Waals surface area contributed by atoms with Crippen LogP contribution in [-0.4, -0.2) is 6.04 Å². The molecule has 0 spiro atoms. The fourth-order valence-electron chi connectivity index (χ4n) is 2.83. The number of aryl methyl sites for hydroxylation is 1. The summed E-state index contributed by atoms with van der Waals surface area (Å²) in [5, 5.41) is 4.49. The monoisotopic (exact) mass is 251 g/mol. The van der Waals surface area contributed by atoms with Crippen molar-refractivity contribution in [3.05, 3.63) is 28.8 Å². The van der Waals surface area contributed by atoms with Gasteiger partial charge in [-0.2, -0.15) is 0 Å². The van der Waals surface area contributed by atoms with E-state index in [2.05, 4.69) is 32.2 Å². The Labute approximate surface area is 110 Å². The van der Waals surface area contributed by atoms with Gasteiger partial charge in [-0.15, -0.1) is 0 Å². The zero-order valence-electron chi connectivity index (χ0n) is 11.0. The maximum Gasteiger partial charge on any atom is 0.0426 e. The molecular weight excluding hydrogens is 230 g/mol. The number of nitrogens with one attached hydrogen (secondary N) is 1. The average Bonchev–Trinajstić information content (AvgIpc) is 2.27. The number of rotatable bonds is 2.